The second-order valence-corrected chi connectivity index (χ2v) is 7.36. The van der Waals surface area contributed by atoms with Gasteiger partial charge in [0.2, 0.25) is 6.29 Å². The quantitative estimate of drug-likeness (QED) is 0.862. The van der Waals surface area contributed by atoms with Crippen LogP contribution in [0.15, 0.2) is 18.2 Å². The Labute approximate surface area is 141 Å². The lowest BCUT2D eigenvalue weighted by Crippen LogP contribution is -2.35. The van der Waals surface area contributed by atoms with Crippen molar-refractivity contribution in [1.82, 2.24) is 4.72 Å². The fourth-order valence-corrected chi connectivity index (χ4v) is 2.80. The first-order valence-electron chi connectivity index (χ1n) is 7.45. The number of fused-ring (bicyclic) bond motifs is 1. The molecule has 1 amide bonds. The maximum atomic E-state index is 12.0. The van der Waals surface area contributed by atoms with Crippen molar-refractivity contribution >= 4 is 22.1 Å². The third-order valence-electron chi connectivity index (χ3n) is 3.89. The van der Waals surface area contributed by atoms with Crippen molar-refractivity contribution in [3.63, 3.8) is 0 Å². The van der Waals surface area contributed by atoms with Gasteiger partial charge in [-0.2, -0.15) is 13.1 Å². The number of anilines is 1. The van der Waals surface area contributed by atoms with Crippen LogP contribution in [0.5, 0.6) is 5.75 Å². The molecule has 9 heteroatoms. The Morgan fingerprint density at radius 1 is 1.42 bits per heavy atom. The summed E-state index contributed by atoms with van der Waals surface area (Å²) in [6, 6.07) is 5.14. The lowest BCUT2D eigenvalue weighted by Gasteiger charge is -2.25. The minimum Gasteiger partial charge on any atom is -0.464 e. The highest BCUT2D eigenvalue weighted by Crippen LogP contribution is 2.44. The van der Waals surface area contributed by atoms with Crippen LogP contribution in [0.25, 0.3) is 0 Å². The van der Waals surface area contributed by atoms with Crippen molar-refractivity contribution in [2.24, 2.45) is 0 Å². The standard InChI is InChI=1S/C15H22N2O6S/c1-6-21-13-15(2,3)11-9-10(7-8-12(11)22-13)17(5)14(18)23-24(19,20)16-4/h7-9,13,16H,6H2,1-5H3. The van der Waals surface area contributed by atoms with Crippen molar-refractivity contribution in [1.29, 1.82) is 0 Å². The normalized spacial score (nSPS) is 18.6. The summed E-state index contributed by atoms with van der Waals surface area (Å²) in [6.45, 7) is 6.36. The van der Waals surface area contributed by atoms with E-state index in [2.05, 4.69) is 4.18 Å². The lowest BCUT2D eigenvalue weighted by molar-refractivity contribution is -0.0981. The van der Waals surface area contributed by atoms with Gasteiger partial charge in [-0.25, -0.2) is 4.79 Å². The number of nitrogens with one attached hydrogen (secondary N) is 1. The maximum Gasteiger partial charge on any atom is 0.430 e. The summed E-state index contributed by atoms with van der Waals surface area (Å²) in [5.41, 5.74) is 0.942. The first-order valence-corrected chi connectivity index (χ1v) is 8.86. The molecule has 1 unspecified atom stereocenters. The zero-order chi connectivity index (χ0) is 18.1. The molecule has 0 fully saturated rings. The van der Waals surface area contributed by atoms with Gasteiger partial charge in [0.25, 0.3) is 0 Å². The Bertz CT molecular complexity index is 731. The first-order chi connectivity index (χ1) is 11.1. The largest absolute Gasteiger partial charge is 0.464 e. The van der Waals surface area contributed by atoms with Gasteiger partial charge >= 0.3 is 16.4 Å². The maximum absolute atomic E-state index is 12.0. The van der Waals surface area contributed by atoms with Crippen molar-refractivity contribution in [3.05, 3.63) is 23.8 Å². The SMILES string of the molecule is CCOC1Oc2ccc(N(C)C(=O)OS(=O)(=O)NC)cc2C1(C)C. The number of hydrogen-bond acceptors (Lipinski definition) is 6. The third kappa shape index (κ3) is 3.47. The summed E-state index contributed by atoms with van der Waals surface area (Å²) >= 11 is 0. The number of benzene rings is 1. The van der Waals surface area contributed by atoms with E-state index in [1.807, 2.05) is 25.5 Å². The molecule has 8 nitrogen and oxygen atoms in total. The number of nitrogens with zero attached hydrogens (tertiary/aromatic N) is 1. The predicted molar refractivity (Wildman–Crippen MR) is 88.4 cm³/mol. The smallest absolute Gasteiger partial charge is 0.430 e. The molecule has 0 spiro atoms. The van der Waals surface area contributed by atoms with Gasteiger partial charge in [0.1, 0.15) is 5.75 Å². The molecule has 0 bridgehead atoms. The van der Waals surface area contributed by atoms with Gasteiger partial charge in [0.05, 0.1) is 5.41 Å². The minimum atomic E-state index is -4.11. The van der Waals surface area contributed by atoms with Gasteiger partial charge in [-0.15, -0.1) is 0 Å². The van der Waals surface area contributed by atoms with Gasteiger partial charge < -0.3 is 13.7 Å². The zero-order valence-corrected chi connectivity index (χ0v) is 15.1. The van der Waals surface area contributed by atoms with E-state index < -0.39 is 28.1 Å². The highest BCUT2D eigenvalue weighted by atomic mass is 32.2. The molecule has 1 heterocycles. The fourth-order valence-electron chi connectivity index (χ4n) is 2.41. The van der Waals surface area contributed by atoms with Crippen molar-refractivity contribution in [3.8, 4) is 5.75 Å². The van der Waals surface area contributed by atoms with E-state index in [9.17, 15) is 13.2 Å². The lowest BCUT2D eigenvalue weighted by atomic mass is 9.85. The molecule has 0 saturated heterocycles. The Morgan fingerprint density at radius 2 is 2.08 bits per heavy atom. The van der Waals surface area contributed by atoms with Crippen molar-refractivity contribution in [2.45, 2.75) is 32.5 Å². The van der Waals surface area contributed by atoms with E-state index in [1.54, 1.807) is 18.2 Å². The van der Waals surface area contributed by atoms with Crippen LogP contribution in [0, 0.1) is 0 Å². The highest BCUT2D eigenvalue weighted by molar-refractivity contribution is 7.85. The molecule has 134 valence electrons. The van der Waals surface area contributed by atoms with E-state index in [1.165, 1.54) is 7.05 Å². The number of carbonyl (C=O) groups is 1. The second kappa shape index (κ2) is 6.58. The molecule has 0 saturated carbocycles. The molecule has 1 aromatic carbocycles. The van der Waals surface area contributed by atoms with Crippen molar-refractivity contribution in [2.75, 3.05) is 25.6 Å². The van der Waals surface area contributed by atoms with Crippen LogP contribution < -0.4 is 14.4 Å². The van der Waals surface area contributed by atoms with Crippen LogP contribution in [0.2, 0.25) is 0 Å². The number of amides is 1. The molecule has 0 radical (unpaired) electrons. The second-order valence-electron chi connectivity index (χ2n) is 5.87. The van der Waals surface area contributed by atoms with Gasteiger partial charge in [-0.05, 0) is 39.0 Å². The van der Waals surface area contributed by atoms with Gasteiger partial charge in [-0.3, -0.25) is 4.90 Å². The summed E-state index contributed by atoms with van der Waals surface area (Å²) in [7, 11) is -1.52. The summed E-state index contributed by atoms with van der Waals surface area (Å²) in [6.07, 6.45) is -1.43. The summed E-state index contributed by atoms with van der Waals surface area (Å²) in [5, 5.41) is 0. The monoisotopic (exact) mass is 358 g/mol. The molecule has 2 rings (SSSR count). The van der Waals surface area contributed by atoms with Gasteiger partial charge in [-0.1, -0.05) is 0 Å². The Morgan fingerprint density at radius 3 is 2.67 bits per heavy atom. The third-order valence-corrected chi connectivity index (χ3v) is 4.75. The van der Waals surface area contributed by atoms with Crippen LogP contribution in [0.3, 0.4) is 0 Å². The molecular weight excluding hydrogens is 336 g/mol. The average molecular weight is 358 g/mol. The molecule has 1 aromatic rings. The van der Waals surface area contributed by atoms with E-state index in [-0.39, 0.29) is 0 Å². The average Bonchev–Trinajstić information content (AvgIpc) is 2.77. The summed E-state index contributed by atoms with van der Waals surface area (Å²) in [4.78, 5) is 13.1. The zero-order valence-electron chi connectivity index (χ0n) is 14.3. The number of hydrogen-bond donors (Lipinski definition) is 1. The number of ether oxygens (including phenoxy) is 2. The number of carbonyl (C=O) groups excluding carboxylic acids is 1. The Hall–Kier alpha value is -1.84. The van der Waals surface area contributed by atoms with E-state index >= 15 is 0 Å². The van der Waals surface area contributed by atoms with Crippen LogP contribution in [0.4, 0.5) is 10.5 Å². The molecule has 1 aliphatic rings. The molecule has 0 aliphatic carbocycles. The molecular formula is C15H22N2O6S. The molecule has 1 atom stereocenters. The predicted octanol–water partition coefficient (Wildman–Crippen LogP) is 1.76. The van der Waals surface area contributed by atoms with E-state index in [4.69, 9.17) is 9.47 Å². The molecule has 1 aliphatic heterocycles. The Balaban J connectivity index is 2.27. The highest BCUT2D eigenvalue weighted by Gasteiger charge is 2.42. The van der Waals surface area contributed by atoms with Crippen LogP contribution in [0.1, 0.15) is 26.3 Å². The van der Waals surface area contributed by atoms with Gasteiger partial charge in [0.15, 0.2) is 0 Å². The molecule has 0 aromatic heterocycles. The van der Waals surface area contributed by atoms with Crippen LogP contribution in [-0.2, 0) is 24.6 Å². The Kier molecular flexibility index (Phi) is 5.07. The molecule has 1 N–H and O–H groups in total. The minimum absolute atomic E-state index is 0.414. The van der Waals surface area contributed by atoms with E-state index in [0.717, 1.165) is 17.5 Å². The van der Waals surface area contributed by atoms with Crippen LogP contribution in [-0.4, -0.2) is 41.5 Å². The van der Waals surface area contributed by atoms with Crippen LogP contribution >= 0.6 is 0 Å². The summed E-state index contributed by atoms with van der Waals surface area (Å²) < 4.78 is 40.4. The van der Waals surface area contributed by atoms with Crippen molar-refractivity contribution < 1.29 is 26.9 Å². The first kappa shape index (κ1) is 18.5. The molecule has 24 heavy (non-hydrogen) atoms. The van der Waals surface area contributed by atoms with E-state index in [0.29, 0.717) is 18.0 Å². The summed E-state index contributed by atoms with van der Waals surface area (Å²) in [5.74, 6) is 0.673. The topological polar surface area (TPSA) is 94.2 Å². The fraction of sp³-hybridized carbons (Fsp3) is 0.533. The van der Waals surface area contributed by atoms with Gasteiger partial charge in [0, 0.05) is 32.0 Å². The number of rotatable bonds is 5.